The third-order valence-corrected chi connectivity index (χ3v) is 8.33. The topological polar surface area (TPSA) is 122 Å². The molecular formula is C27H37FN4O5S. The maximum absolute atomic E-state index is 14.9. The van der Waals surface area contributed by atoms with Gasteiger partial charge < -0.3 is 10.2 Å². The van der Waals surface area contributed by atoms with E-state index in [0.29, 0.717) is 19.4 Å². The summed E-state index contributed by atoms with van der Waals surface area (Å²) < 4.78 is 42.3. The molecule has 0 heterocycles. The molecule has 2 aromatic rings. The average Bonchev–Trinajstić information content (AvgIpc) is 2.88. The Bertz CT molecular complexity index is 1200. The molecule has 0 aromatic heterocycles. The Morgan fingerprint density at radius 3 is 2.42 bits per heavy atom. The number of nitro benzene ring substituents is 1. The fourth-order valence-electron chi connectivity index (χ4n) is 4.65. The first kappa shape index (κ1) is 29.5. The second-order valence-electron chi connectivity index (χ2n) is 10.3. The molecule has 0 saturated heterocycles. The standard InChI is InChI=1S/C27H37FN4O5S/c1-31(2)18-15-22(12-11-21-9-5-3-6-10-21)20-29-24-14-13-23(19-25(24)32(34)35)38(36,37)30-26(33)27(28)16-7-4-8-17-27/h3,5-6,9-10,13-14,19,22,29H,4,7-8,11-12,15-18,20H2,1-2H3,(H,30,33)/t22-/m0/s1. The number of halogens is 1. The minimum Gasteiger partial charge on any atom is -0.379 e. The van der Waals surface area contributed by atoms with Gasteiger partial charge in [0.1, 0.15) is 5.69 Å². The molecule has 2 aromatic carbocycles. The minimum atomic E-state index is -4.49. The smallest absolute Gasteiger partial charge is 0.293 e. The summed E-state index contributed by atoms with van der Waals surface area (Å²) in [5.74, 6) is -1.000. The molecule has 0 unspecified atom stereocenters. The van der Waals surface area contributed by atoms with Crippen LogP contribution < -0.4 is 10.0 Å². The van der Waals surface area contributed by atoms with Crippen molar-refractivity contribution in [1.29, 1.82) is 0 Å². The van der Waals surface area contributed by atoms with Crippen molar-refractivity contribution < 1.29 is 22.5 Å². The van der Waals surface area contributed by atoms with Gasteiger partial charge in [-0.25, -0.2) is 17.5 Å². The molecule has 0 radical (unpaired) electrons. The van der Waals surface area contributed by atoms with E-state index in [2.05, 4.69) is 22.3 Å². The van der Waals surface area contributed by atoms with E-state index in [1.807, 2.05) is 32.3 Å². The summed E-state index contributed by atoms with van der Waals surface area (Å²) in [4.78, 5) is 25.2. The molecule has 0 spiro atoms. The molecule has 1 amide bonds. The third kappa shape index (κ3) is 8.22. The van der Waals surface area contributed by atoms with E-state index in [9.17, 15) is 27.7 Å². The summed E-state index contributed by atoms with van der Waals surface area (Å²) in [5, 5.41) is 14.9. The molecular weight excluding hydrogens is 511 g/mol. The zero-order chi connectivity index (χ0) is 27.8. The van der Waals surface area contributed by atoms with E-state index in [1.165, 1.54) is 17.7 Å². The van der Waals surface area contributed by atoms with Gasteiger partial charge in [0, 0.05) is 12.6 Å². The number of hydrogen-bond acceptors (Lipinski definition) is 7. The number of aryl methyl sites for hydroxylation is 1. The van der Waals surface area contributed by atoms with Crippen molar-refractivity contribution in [2.75, 3.05) is 32.5 Å². The van der Waals surface area contributed by atoms with Crippen LogP contribution in [-0.4, -0.2) is 57.0 Å². The largest absolute Gasteiger partial charge is 0.379 e. The quantitative estimate of drug-likeness (QED) is 0.275. The number of benzene rings is 2. The van der Waals surface area contributed by atoms with Crippen LogP contribution in [0, 0.1) is 16.0 Å². The summed E-state index contributed by atoms with van der Waals surface area (Å²) in [6.45, 7) is 1.32. The Morgan fingerprint density at radius 1 is 1.11 bits per heavy atom. The number of amides is 1. The average molecular weight is 549 g/mol. The molecule has 0 aliphatic heterocycles. The number of carbonyl (C=O) groups is 1. The molecule has 3 rings (SSSR count). The monoisotopic (exact) mass is 548 g/mol. The molecule has 208 valence electrons. The van der Waals surface area contributed by atoms with Crippen LogP contribution in [0.5, 0.6) is 0 Å². The highest BCUT2D eigenvalue weighted by Gasteiger charge is 2.41. The van der Waals surface area contributed by atoms with Crippen molar-refractivity contribution in [3.63, 3.8) is 0 Å². The molecule has 1 aliphatic rings. The molecule has 1 saturated carbocycles. The lowest BCUT2D eigenvalue weighted by molar-refractivity contribution is -0.384. The number of hydrogen-bond donors (Lipinski definition) is 2. The third-order valence-electron chi connectivity index (χ3n) is 7.01. The lowest BCUT2D eigenvalue weighted by Crippen LogP contribution is -2.46. The van der Waals surface area contributed by atoms with E-state index in [-0.39, 0.29) is 24.4 Å². The second-order valence-corrected chi connectivity index (χ2v) is 11.9. The van der Waals surface area contributed by atoms with Gasteiger partial charge in [0.15, 0.2) is 5.67 Å². The Hall–Kier alpha value is -3.05. The highest BCUT2D eigenvalue weighted by atomic mass is 32.2. The lowest BCUT2D eigenvalue weighted by Gasteiger charge is -2.27. The summed E-state index contributed by atoms with van der Waals surface area (Å²) in [6, 6.07) is 13.5. The number of nitrogens with zero attached hydrogens (tertiary/aromatic N) is 2. The van der Waals surface area contributed by atoms with Crippen LogP contribution in [0.15, 0.2) is 53.4 Å². The number of rotatable bonds is 13. The van der Waals surface area contributed by atoms with Crippen LogP contribution in [0.4, 0.5) is 15.8 Å². The van der Waals surface area contributed by atoms with Gasteiger partial charge in [0.05, 0.1) is 9.82 Å². The van der Waals surface area contributed by atoms with Crippen LogP contribution in [0.1, 0.15) is 50.5 Å². The van der Waals surface area contributed by atoms with Crippen molar-refractivity contribution in [3.05, 3.63) is 64.2 Å². The number of alkyl halides is 1. The first-order valence-corrected chi connectivity index (χ1v) is 14.5. The Kier molecular flexibility index (Phi) is 10.2. The van der Waals surface area contributed by atoms with Crippen molar-refractivity contribution in [1.82, 2.24) is 9.62 Å². The van der Waals surface area contributed by atoms with Gasteiger partial charge in [-0.2, -0.15) is 0 Å². The number of nitro groups is 1. The predicted molar refractivity (Wildman–Crippen MR) is 145 cm³/mol. The van der Waals surface area contributed by atoms with Gasteiger partial charge in [0.2, 0.25) is 0 Å². The van der Waals surface area contributed by atoms with Crippen LogP contribution in [0.25, 0.3) is 0 Å². The predicted octanol–water partition coefficient (Wildman–Crippen LogP) is 4.68. The molecule has 38 heavy (non-hydrogen) atoms. The molecule has 9 nitrogen and oxygen atoms in total. The fraction of sp³-hybridized carbons (Fsp3) is 0.519. The van der Waals surface area contributed by atoms with E-state index in [4.69, 9.17) is 0 Å². The minimum absolute atomic E-state index is 0.0450. The van der Waals surface area contributed by atoms with E-state index < -0.39 is 37.1 Å². The normalized spacial score (nSPS) is 16.1. The number of anilines is 1. The van der Waals surface area contributed by atoms with Crippen molar-refractivity contribution in [2.45, 2.75) is 61.9 Å². The zero-order valence-electron chi connectivity index (χ0n) is 22.0. The maximum atomic E-state index is 14.9. The summed E-state index contributed by atoms with van der Waals surface area (Å²) in [5.41, 5.74) is -1.28. The molecule has 1 aliphatic carbocycles. The SMILES string of the molecule is CN(C)CC[C@H](CCc1ccccc1)CNc1ccc(S(=O)(=O)NC(=O)C2(F)CCCCC2)cc1[N+](=O)[O-]. The first-order valence-electron chi connectivity index (χ1n) is 13.0. The van der Waals surface area contributed by atoms with Crippen LogP contribution >= 0.6 is 0 Å². The van der Waals surface area contributed by atoms with E-state index in [1.54, 1.807) is 4.72 Å². The highest BCUT2D eigenvalue weighted by Crippen LogP contribution is 2.33. The maximum Gasteiger partial charge on any atom is 0.293 e. The van der Waals surface area contributed by atoms with Gasteiger partial charge in [-0.3, -0.25) is 14.9 Å². The van der Waals surface area contributed by atoms with Crippen LogP contribution in [-0.2, 0) is 21.2 Å². The Labute approximate surface area is 224 Å². The van der Waals surface area contributed by atoms with Gasteiger partial charge in [-0.15, -0.1) is 0 Å². The van der Waals surface area contributed by atoms with Gasteiger partial charge in [0.25, 0.3) is 21.6 Å². The number of nitrogens with one attached hydrogen (secondary N) is 2. The van der Waals surface area contributed by atoms with Gasteiger partial charge in [-0.1, -0.05) is 36.8 Å². The van der Waals surface area contributed by atoms with E-state index >= 15 is 0 Å². The molecule has 2 N–H and O–H groups in total. The summed E-state index contributed by atoms with van der Waals surface area (Å²) in [7, 11) is -0.507. The first-order chi connectivity index (χ1) is 18.0. The summed E-state index contributed by atoms with van der Waals surface area (Å²) >= 11 is 0. The van der Waals surface area contributed by atoms with E-state index in [0.717, 1.165) is 38.3 Å². The Balaban J connectivity index is 1.72. The van der Waals surface area contributed by atoms with Crippen molar-refractivity contribution in [3.8, 4) is 0 Å². The molecule has 1 fully saturated rings. The Morgan fingerprint density at radius 2 is 1.79 bits per heavy atom. The molecule has 0 bridgehead atoms. The molecule has 1 atom stereocenters. The van der Waals surface area contributed by atoms with Gasteiger partial charge >= 0.3 is 0 Å². The van der Waals surface area contributed by atoms with Crippen molar-refractivity contribution >= 4 is 27.3 Å². The van der Waals surface area contributed by atoms with Crippen LogP contribution in [0.3, 0.4) is 0 Å². The second kappa shape index (κ2) is 13.1. The fourth-order valence-corrected chi connectivity index (χ4v) is 5.71. The lowest BCUT2D eigenvalue weighted by atomic mass is 9.86. The highest BCUT2D eigenvalue weighted by molar-refractivity contribution is 7.90. The molecule has 11 heteroatoms. The number of sulfonamides is 1. The summed E-state index contributed by atoms with van der Waals surface area (Å²) in [6.07, 6.45) is 4.32. The zero-order valence-corrected chi connectivity index (χ0v) is 22.8. The number of carbonyl (C=O) groups excluding carboxylic acids is 1. The van der Waals surface area contributed by atoms with Crippen molar-refractivity contribution in [2.24, 2.45) is 5.92 Å². The van der Waals surface area contributed by atoms with Gasteiger partial charge in [-0.05, 0) is 89.2 Å². The van der Waals surface area contributed by atoms with Crippen LogP contribution in [0.2, 0.25) is 0 Å².